The Balaban J connectivity index is 2.25. The number of carboxylic acids is 1. The third-order valence-corrected chi connectivity index (χ3v) is 3.32. The highest BCUT2D eigenvalue weighted by Crippen LogP contribution is 2.26. The van der Waals surface area contributed by atoms with Gasteiger partial charge >= 0.3 is 12.1 Å². The van der Waals surface area contributed by atoms with Crippen LogP contribution in [0.2, 0.25) is 0 Å². The average Bonchev–Trinajstić information content (AvgIpc) is 3.12. The summed E-state index contributed by atoms with van der Waals surface area (Å²) in [7, 11) is 1.34. The summed E-state index contributed by atoms with van der Waals surface area (Å²) in [5.41, 5.74) is -1.24. The van der Waals surface area contributed by atoms with Gasteiger partial charge in [0.15, 0.2) is 0 Å². The monoisotopic (exact) mass is 391 g/mol. The number of carbonyl (C=O) groups excluding carboxylic acids is 1. The molecule has 0 bridgehead atoms. The molecule has 2 aromatic heterocycles. The molecule has 27 heavy (non-hydrogen) atoms. The van der Waals surface area contributed by atoms with Crippen molar-refractivity contribution in [1.82, 2.24) is 35.3 Å². The first kappa shape index (κ1) is 20.3. The molecule has 0 aliphatic carbocycles. The van der Waals surface area contributed by atoms with Crippen molar-refractivity contribution in [2.24, 2.45) is 0 Å². The second kappa shape index (κ2) is 7.30. The molecule has 2 aromatic rings. The Morgan fingerprint density at radius 1 is 1.33 bits per heavy atom. The van der Waals surface area contributed by atoms with Crippen LogP contribution in [0.4, 0.5) is 13.2 Å². The lowest BCUT2D eigenvalue weighted by Crippen LogP contribution is -2.51. The number of methoxy groups -OCH3 is 1. The lowest BCUT2D eigenvalue weighted by Gasteiger charge is -2.27. The second-order valence-corrected chi connectivity index (χ2v) is 5.89. The minimum atomic E-state index is -4.72. The minimum Gasteiger partial charge on any atom is -0.481 e. The van der Waals surface area contributed by atoms with Gasteiger partial charge in [-0.1, -0.05) is 0 Å². The van der Waals surface area contributed by atoms with E-state index in [2.05, 4.69) is 25.5 Å². The molecule has 0 saturated heterocycles. The highest BCUT2D eigenvalue weighted by atomic mass is 19.4. The molecule has 0 radical (unpaired) electrons. The van der Waals surface area contributed by atoms with Gasteiger partial charge in [-0.15, -0.1) is 10.2 Å². The smallest absolute Gasteiger partial charge is 0.451 e. The van der Waals surface area contributed by atoms with Crippen molar-refractivity contribution in [2.45, 2.75) is 32.0 Å². The average molecular weight is 391 g/mol. The molecule has 0 saturated carbocycles. The van der Waals surface area contributed by atoms with Crippen LogP contribution in [-0.4, -0.2) is 66.2 Å². The van der Waals surface area contributed by atoms with E-state index in [1.54, 1.807) is 5.10 Å². The molecular weight excluding hydrogens is 375 g/mol. The molecule has 0 aromatic carbocycles. The van der Waals surface area contributed by atoms with Gasteiger partial charge in [0, 0.05) is 7.11 Å². The Labute approximate surface area is 149 Å². The van der Waals surface area contributed by atoms with Crippen LogP contribution in [0.5, 0.6) is 0 Å². The number of nitrogens with one attached hydrogen (secondary N) is 2. The quantitative estimate of drug-likeness (QED) is 0.611. The van der Waals surface area contributed by atoms with Crippen molar-refractivity contribution >= 4 is 11.9 Å². The van der Waals surface area contributed by atoms with E-state index in [4.69, 9.17) is 9.84 Å². The summed E-state index contributed by atoms with van der Waals surface area (Å²) in [6, 6.07) is 0. The van der Waals surface area contributed by atoms with E-state index in [1.165, 1.54) is 21.0 Å². The molecule has 0 aliphatic heterocycles. The van der Waals surface area contributed by atoms with Crippen molar-refractivity contribution < 1.29 is 32.6 Å². The Morgan fingerprint density at radius 2 is 2.00 bits per heavy atom. The predicted octanol–water partition coefficient (Wildman–Crippen LogP) is 0.322. The largest absolute Gasteiger partial charge is 0.481 e. The standard InChI is InChI=1S/C13H16F3N7O4/c1-6-17-8(9(26)19-12(2,5-27-3)4-7(24)25)22-23(6)11-18-10(20-21-11)13(14,15)16/h4-5H2,1-3H3,(H,19,26)(H,24,25)(H,18,20,21). The van der Waals surface area contributed by atoms with Gasteiger partial charge in [-0.2, -0.15) is 22.8 Å². The first-order valence-electron chi connectivity index (χ1n) is 7.42. The molecular formula is C13H16F3N7O4. The molecule has 2 rings (SSSR count). The molecule has 0 spiro atoms. The van der Waals surface area contributed by atoms with Gasteiger partial charge in [-0.25, -0.2) is 4.98 Å². The van der Waals surface area contributed by atoms with E-state index in [0.717, 1.165) is 4.68 Å². The zero-order chi connectivity index (χ0) is 20.4. The Kier molecular flexibility index (Phi) is 5.48. The Morgan fingerprint density at radius 3 is 2.52 bits per heavy atom. The normalized spacial score (nSPS) is 14.0. The number of halogens is 3. The number of aromatic amines is 1. The maximum Gasteiger partial charge on any atom is 0.451 e. The fourth-order valence-electron chi connectivity index (χ4n) is 2.26. The van der Waals surface area contributed by atoms with Crippen LogP contribution in [0.3, 0.4) is 0 Å². The van der Waals surface area contributed by atoms with Gasteiger partial charge < -0.3 is 15.2 Å². The highest BCUT2D eigenvalue weighted by molar-refractivity contribution is 5.91. The van der Waals surface area contributed by atoms with Gasteiger partial charge in [0.25, 0.3) is 11.9 Å². The van der Waals surface area contributed by atoms with Gasteiger partial charge in [0.1, 0.15) is 5.82 Å². The van der Waals surface area contributed by atoms with Crippen molar-refractivity contribution in [3.8, 4) is 5.95 Å². The Hall–Kier alpha value is -3.03. The number of hydrogen-bond acceptors (Lipinski definition) is 7. The zero-order valence-electron chi connectivity index (χ0n) is 14.5. The summed E-state index contributed by atoms with van der Waals surface area (Å²) < 4.78 is 43.6. The zero-order valence-corrected chi connectivity index (χ0v) is 14.5. The molecule has 0 fully saturated rings. The summed E-state index contributed by atoms with van der Waals surface area (Å²) in [6.45, 7) is 2.75. The second-order valence-electron chi connectivity index (χ2n) is 5.89. The number of ether oxygens (including phenoxy) is 1. The number of nitrogens with zero attached hydrogens (tertiary/aromatic N) is 5. The van der Waals surface area contributed by atoms with Crippen LogP contribution in [0.15, 0.2) is 0 Å². The number of amides is 1. The van der Waals surface area contributed by atoms with Crippen molar-refractivity contribution in [3.05, 3.63) is 17.5 Å². The van der Waals surface area contributed by atoms with Crippen LogP contribution in [0.1, 0.15) is 35.6 Å². The summed E-state index contributed by atoms with van der Waals surface area (Å²) >= 11 is 0. The lowest BCUT2D eigenvalue weighted by molar-refractivity contribution is -0.144. The van der Waals surface area contributed by atoms with E-state index >= 15 is 0 Å². The van der Waals surface area contributed by atoms with Crippen molar-refractivity contribution in [3.63, 3.8) is 0 Å². The van der Waals surface area contributed by atoms with Crippen LogP contribution in [0, 0.1) is 6.92 Å². The summed E-state index contributed by atoms with van der Waals surface area (Å²) in [5, 5.41) is 20.3. The number of aliphatic carboxylic acids is 1. The maximum atomic E-state index is 12.6. The van der Waals surface area contributed by atoms with Gasteiger partial charge in [0.2, 0.25) is 11.6 Å². The fourth-order valence-corrected chi connectivity index (χ4v) is 2.26. The summed E-state index contributed by atoms with van der Waals surface area (Å²) in [4.78, 5) is 30.5. The number of rotatable bonds is 7. The highest BCUT2D eigenvalue weighted by Gasteiger charge is 2.36. The number of carbonyl (C=O) groups is 2. The van der Waals surface area contributed by atoms with Crippen molar-refractivity contribution in [2.75, 3.05) is 13.7 Å². The number of H-pyrrole nitrogens is 1. The van der Waals surface area contributed by atoms with Crippen LogP contribution >= 0.6 is 0 Å². The van der Waals surface area contributed by atoms with E-state index in [0.29, 0.717) is 0 Å². The minimum absolute atomic E-state index is 0.0551. The molecule has 2 heterocycles. The molecule has 3 N–H and O–H groups in total. The van der Waals surface area contributed by atoms with E-state index < -0.39 is 47.6 Å². The molecule has 1 amide bonds. The molecule has 1 atom stereocenters. The third kappa shape index (κ3) is 4.78. The number of aromatic nitrogens is 6. The van der Waals surface area contributed by atoms with Gasteiger partial charge in [-0.05, 0) is 13.8 Å². The van der Waals surface area contributed by atoms with Gasteiger partial charge in [0.05, 0.1) is 18.6 Å². The van der Waals surface area contributed by atoms with Crippen LogP contribution in [0.25, 0.3) is 5.95 Å². The molecule has 148 valence electrons. The molecule has 1 unspecified atom stereocenters. The van der Waals surface area contributed by atoms with E-state index in [-0.39, 0.29) is 12.4 Å². The maximum absolute atomic E-state index is 12.6. The Bertz CT molecular complexity index is 847. The van der Waals surface area contributed by atoms with E-state index in [9.17, 15) is 22.8 Å². The number of carboxylic acid groups (broad SMARTS) is 1. The first-order chi connectivity index (χ1) is 12.4. The number of hydrogen-bond donors (Lipinski definition) is 3. The van der Waals surface area contributed by atoms with Crippen LogP contribution in [-0.2, 0) is 15.7 Å². The van der Waals surface area contributed by atoms with Crippen LogP contribution < -0.4 is 5.32 Å². The predicted molar refractivity (Wildman–Crippen MR) is 81.0 cm³/mol. The molecule has 14 heteroatoms. The molecule has 11 nitrogen and oxygen atoms in total. The number of aryl methyl sites for hydroxylation is 1. The number of alkyl halides is 3. The van der Waals surface area contributed by atoms with Gasteiger partial charge in [-0.3, -0.25) is 14.7 Å². The summed E-state index contributed by atoms with van der Waals surface area (Å²) in [5.74, 6) is -4.10. The first-order valence-corrected chi connectivity index (χ1v) is 7.42. The van der Waals surface area contributed by atoms with Crippen molar-refractivity contribution in [1.29, 1.82) is 0 Å². The van der Waals surface area contributed by atoms with E-state index in [1.807, 2.05) is 0 Å². The topological polar surface area (TPSA) is 148 Å². The fraction of sp³-hybridized carbons (Fsp3) is 0.538. The third-order valence-electron chi connectivity index (χ3n) is 3.32. The summed E-state index contributed by atoms with van der Waals surface area (Å²) in [6.07, 6.45) is -5.15. The SMILES string of the molecule is COCC(C)(CC(=O)O)NC(=O)c1nc(C)n(-c2n[nH]c(C(F)(F)F)n2)n1. The lowest BCUT2D eigenvalue weighted by atomic mass is 9.99. The molecule has 0 aliphatic rings.